The zero-order valence-electron chi connectivity index (χ0n) is 19.9. The van der Waals surface area contributed by atoms with Crippen LogP contribution >= 0.6 is 11.3 Å². The van der Waals surface area contributed by atoms with E-state index in [0.29, 0.717) is 30.6 Å². The van der Waals surface area contributed by atoms with Crippen LogP contribution in [0.2, 0.25) is 0 Å². The molecule has 1 unspecified atom stereocenters. The highest BCUT2D eigenvalue weighted by Crippen LogP contribution is 2.34. The SMILES string of the molecule is Cc1ccc(-c2ccsc2C(=O)N[C@@H]2Cc3ccccc3[C@H]2NC(=O)C2CCCC(=O)N2C)cc1. The Morgan fingerprint density at radius 3 is 2.60 bits per heavy atom. The van der Waals surface area contributed by atoms with E-state index in [2.05, 4.69) is 10.6 Å². The van der Waals surface area contributed by atoms with Crippen molar-refractivity contribution in [3.8, 4) is 11.1 Å². The van der Waals surface area contributed by atoms with Gasteiger partial charge in [0, 0.05) is 19.0 Å². The molecule has 180 valence electrons. The van der Waals surface area contributed by atoms with Gasteiger partial charge in [-0.05, 0) is 54.3 Å². The first kappa shape index (κ1) is 23.3. The summed E-state index contributed by atoms with van der Waals surface area (Å²) >= 11 is 1.42. The Balaban J connectivity index is 1.37. The summed E-state index contributed by atoms with van der Waals surface area (Å²) in [6, 6.07) is 17.0. The fraction of sp³-hybridized carbons (Fsp3) is 0.321. The lowest BCUT2D eigenvalue weighted by molar-refractivity contribution is -0.142. The van der Waals surface area contributed by atoms with Crippen molar-refractivity contribution in [1.29, 1.82) is 0 Å². The number of aryl methyl sites for hydroxylation is 1. The molecule has 3 aromatic rings. The van der Waals surface area contributed by atoms with Gasteiger partial charge in [-0.25, -0.2) is 0 Å². The number of likely N-dealkylation sites (N-methyl/N-ethyl adjacent to an activating group) is 1. The molecule has 1 aliphatic carbocycles. The van der Waals surface area contributed by atoms with Crippen LogP contribution in [0.25, 0.3) is 11.1 Å². The fourth-order valence-corrected chi connectivity index (χ4v) is 5.95. The Hall–Kier alpha value is -3.45. The van der Waals surface area contributed by atoms with Crippen molar-refractivity contribution in [2.45, 2.75) is 50.7 Å². The maximum absolute atomic E-state index is 13.4. The number of benzene rings is 2. The van der Waals surface area contributed by atoms with Crippen LogP contribution in [0.1, 0.15) is 51.7 Å². The lowest BCUT2D eigenvalue weighted by Gasteiger charge is -2.33. The number of carbonyl (C=O) groups excluding carboxylic acids is 3. The van der Waals surface area contributed by atoms with E-state index >= 15 is 0 Å². The van der Waals surface area contributed by atoms with E-state index in [1.807, 2.05) is 66.9 Å². The van der Waals surface area contributed by atoms with Gasteiger partial charge in [0.15, 0.2) is 0 Å². The van der Waals surface area contributed by atoms with Crippen molar-refractivity contribution in [2.75, 3.05) is 7.05 Å². The molecule has 35 heavy (non-hydrogen) atoms. The normalized spacial score (nSPS) is 21.5. The van der Waals surface area contributed by atoms with Gasteiger partial charge in [-0.2, -0.15) is 0 Å². The van der Waals surface area contributed by atoms with Gasteiger partial charge >= 0.3 is 0 Å². The lowest BCUT2D eigenvalue weighted by Crippen LogP contribution is -2.53. The van der Waals surface area contributed by atoms with Crippen molar-refractivity contribution in [2.24, 2.45) is 0 Å². The van der Waals surface area contributed by atoms with Gasteiger partial charge in [0.05, 0.1) is 17.0 Å². The number of hydrogen-bond acceptors (Lipinski definition) is 4. The molecular weight excluding hydrogens is 458 g/mol. The van der Waals surface area contributed by atoms with E-state index in [1.54, 1.807) is 11.9 Å². The summed E-state index contributed by atoms with van der Waals surface area (Å²) in [6.45, 7) is 2.04. The third kappa shape index (κ3) is 4.60. The van der Waals surface area contributed by atoms with Crippen LogP contribution in [0, 0.1) is 6.92 Å². The molecule has 0 radical (unpaired) electrons. The second-order valence-corrected chi connectivity index (χ2v) is 10.3. The number of nitrogens with one attached hydrogen (secondary N) is 2. The summed E-state index contributed by atoms with van der Waals surface area (Å²) in [5.74, 6) is -0.315. The summed E-state index contributed by atoms with van der Waals surface area (Å²) in [5.41, 5.74) is 5.21. The van der Waals surface area contributed by atoms with Gasteiger partial charge in [0.2, 0.25) is 11.8 Å². The number of hydrogen-bond donors (Lipinski definition) is 2. The summed E-state index contributed by atoms with van der Waals surface area (Å²) in [7, 11) is 1.69. The Morgan fingerprint density at radius 2 is 1.80 bits per heavy atom. The van der Waals surface area contributed by atoms with Crippen LogP contribution < -0.4 is 10.6 Å². The van der Waals surface area contributed by atoms with Crippen LogP contribution in [0.5, 0.6) is 0 Å². The summed E-state index contributed by atoms with van der Waals surface area (Å²) in [4.78, 5) is 41.0. The largest absolute Gasteiger partial charge is 0.346 e. The van der Waals surface area contributed by atoms with Crippen molar-refractivity contribution in [3.63, 3.8) is 0 Å². The number of piperidine rings is 1. The average molecular weight is 488 g/mol. The number of fused-ring (bicyclic) bond motifs is 1. The lowest BCUT2D eigenvalue weighted by atomic mass is 10.00. The highest BCUT2D eigenvalue weighted by molar-refractivity contribution is 7.12. The zero-order valence-corrected chi connectivity index (χ0v) is 20.7. The van der Waals surface area contributed by atoms with Gasteiger partial charge in [0.1, 0.15) is 6.04 Å². The molecule has 1 fully saturated rings. The van der Waals surface area contributed by atoms with E-state index in [4.69, 9.17) is 0 Å². The Labute approximate surface area is 209 Å². The summed E-state index contributed by atoms with van der Waals surface area (Å²) < 4.78 is 0. The maximum atomic E-state index is 13.4. The molecule has 7 heteroatoms. The molecule has 2 N–H and O–H groups in total. The van der Waals surface area contributed by atoms with Gasteiger partial charge in [-0.15, -0.1) is 11.3 Å². The zero-order chi connectivity index (χ0) is 24.5. The molecule has 1 saturated heterocycles. The standard InChI is InChI=1S/C28H29N3O3S/c1-17-10-12-18(13-11-17)21-14-15-35-26(21)28(34)29-22-16-19-6-3-4-7-20(19)25(22)30-27(33)23-8-5-9-24(32)31(23)2/h3-4,6-7,10-15,22-23,25H,5,8-9,16H2,1-2H3,(H,29,34)(H,30,33)/t22-,23?,25-/m1/s1. The number of likely N-dealkylation sites (tertiary alicyclic amines) is 1. The number of nitrogens with zero attached hydrogens (tertiary/aromatic N) is 1. The van der Waals surface area contributed by atoms with Crippen LogP contribution in [0.3, 0.4) is 0 Å². The van der Waals surface area contributed by atoms with Gasteiger partial charge in [-0.1, -0.05) is 54.1 Å². The van der Waals surface area contributed by atoms with E-state index in [9.17, 15) is 14.4 Å². The summed E-state index contributed by atoms with van der Waals surface area (Å²) in [6.07, 6.45) is 2.48. The molecule has 0 bridgehead atoms. The van der Waals surface area contributed by atoms with Crippen LogP contribution in [0.15, 0.2) is 60.0 Å². The number of rotatable bonds is 5. The Bertz CT molecular complexity index is 1270. The third-order valence-corrected chi connectivity index (χ3v) is 8.03. The predicted octanol–water partition coefficient (Wildman–Crippen LogP) is 4.25. The molecule has 6 nitrogen and oxygen atoms in total. The molecule has 3 amide bonds. The number of carbonyl (C=O) groups is 3. The monoisotopic (exact) mass is 487 g/mol. The molecule has 1 aliphatic heterocycles. The first-order valence-corrected chi connectivity index (χ1v) is 12.9. The molecule has 5 rings (SSSR count). The fourth-order valence-electron chi connectivity index (χ4n) is 5.13. The highest BCUT2D eigenvalue weighted by atomic mass is 32.1. The smallest absolute Gasteiger partial charge is 0.262 e. The molecule has 1 aromatic heterocycles. The van der Waals surface area contributed by atoms with Gasteiger partial charge < -0.3 is 15.5 Å². The van der Waals surface area contributed by atoms with E-state index in [-0.39, 0.29) is 29.8 Å². The minimum absolute atomic E-state index is 0.00518. The summed E-state index contributed by atoms with van der Waals surface area (Å²) in [5, 5.41) is 8.30. The Morgan fingerprint density at radius 1 is 1.03 bits per heavy atom. The van der Waals surface area contributed by atoms with Crippen LogP contribution in [-0.4, -0.2) is 41.8 Å². The second kappa shape index (κ2) is 9.66. The van der Waals surface area contributed by atoms with Crippen LogP contribution in [0.4, 0.5) is 0 Å². The van der Waals surface area contributed by atoms with Crippen molar-refractivity contribution >= 4 is 29.1 Å². The quantitative estimate of drug-likeness (QED) is 0.565. The molecule has 2 aliphatic rings. The molecule has 3 atom stereocenters. The van der Waals surface area contributed by atoms with Crippen molar-refractivity contribution < 1.29 is 14.4 Å². The first-order chi connectivity index (χ1) is 16.9. The molecule has 2 aromatic carbocycles. The molecule has 2 heterocycles. The van der Waals surface area contributed by atoms with Crippen molar-refractivity contribution in [3.05, 3.63) is 81.5 Å². The Kier molecular flexibility index (Phi) is 6.43. The minimum Gasteiger partial charge on any atom is -0.346 e. The molecule has 0 spiro atoms. The van der Waals surface area contributed by atoms with Crippen LogP contribution in [-0.2, 0) is 16.0 Å². The van der Waals surface area contributed by atoms with Gasteiger partial charge in [-0.3, -0.25) is 14.4 Å². The average Bonchev–Trinajstić information content (AvgIpc) is 3.47. The van der Waals surface area contributed by atoms with E-state index < -0.39 is 6.04 Å². The van der Waals surface area contributed by atoms with E-state index in [0.717, 1.165) is 22.3 Å². The number of amides is 3. The van der Waals surface area contributed by atoms with E-state index in [1.165, 1.54) is 16.9 Å². The topological polar surface area (TPSA) is 78.5 Å². The minimum atomic E-state index is -0.481. The molecule has 0 saturated carbocycles. The highest BCUT2D eigenvalue weighted by Gasteiger charge is 2.38. The molecular formula is C28H29N3O3S. The van der Waals surface area contributed by atoms with Crippen molar-refractivity contribution in [1.82, 2.24) is 15.5 Å². The third-order valence-electron chi connectivity index (χ3n) is 7.11. The first-order valence-electron chi connectivity index (χ1n) is 12.0. The predicted molar refractivity (Wildman–Crippen MR) is 137 cm³/mol. The maximum Gasteiger partial charge on any atom is 0.262 e. The van der Waals surface area contributed by atoms with Gasteiger partial charge in [0.25, 0.3) is 5.91 Å². The second-order valence-electron chi connectivity index (χ2n) is 9.41. The number of thiophene rings is 1.